The Bertz CT molecular complexity index is 872. The highest BCUT2D eigenvalue weighted by Gasteiger charge is 2.27. The van der Waals surface area contributed by atoms with E-state index in [4.69, 9.17) is 14.5 Å². The van der Waals surface area contributed by atoms with E-state index < -0.39 is 0 Å². The number of hydrogen-bond donors (Lipinski definition) is 1. The van der Waals surface area contributed by atoms with Crippen LogP contribution in [-0.4, -0.2) is 57.5 Å². The van der Waals surface area contributed by atoms with Crippen LogP contribution in [0.1, 0.15) is 61.1 Å². The summed E-state index contributed by atoms with van der Waals surface area (Å²) in [7, 11) is 2.13. The summed E-state index contributed by atoms with van der Waals surface area (Å²) < 4.78 is 5.42. The minimum absolute atomic E-state index is 0.152. The van der Waals surface area contributed by atoms with E-state index in [0.717, 1.165) is 80.7 Å². The summed E-state index contributed by atoms with van der Waals surface area (Å²) in [4.78, 5) is 25.7. The van der Waals surface area contributed by atoms with E-state index in [0.29, 0.717) is 12.5 Å². The number of carbonyl (C=O) groups is 1. The summed E-state index contributed by atoms with van der Waals surface area (Å²) >= 11 is 0. The molecule has 0 spiro atoms. The van der Waals surface area contributed by atoms with Gasteiger partial charge in [0, 0.05) is 57.1 Å². The highest BCUT2D eigenvalue weighted by molar-refractivity contribution is 5.73. The number of aromatic nitrogens is 3. The molecule has 0 aliphatic carbocycles. The van der Waals surface area contributed by atoms with Crippen molar-refractivity contribution in [2.75, 3.05) is 32.0 Å². The molecule has 0 bridgehead atoms. The SMILES string of the molecule is CCc1cc(CNc2nc(C3CCN(C(C)=O)CC3)nc3c2CN(C)CC3)on1. The molecule has 4 heterocycles. The molecule has 0 saturated carbocycles. The summed E-state index contributed by atoms with van der Waals surface area (Å²) in [6, 6.07) is 1.99. The normalized spacial score (nSPS) is 18.0. The predicted molar refractivity (Wildman–Crippen MR) is 110 cm³/mol. The minimum Gasteiger partial charge on any atom is -0.362 e. The molecule has 0 atom stereocenters. The van der Waals surface area contributed by atoms with Crippen LogP contribution < -0.4 is 5.32 Å². The molecule has 2 aliphatic rings. The Morgan fingerprint density at radius 2 is 2.07 bits per heavy atom. The van der Waals surface area contributed by atoms with Crippen LogP contribution in [0.25, 0.3) is 0 Å². The Balaban J connectivity index is 1.55. The molecular weight excluding hydrogens is 368 g/mol. The molecule has 8 nitrogen and oxygen atoms in total. The molecule has 156 valence electrons. The summed E-state index contributed by atoms with van der Waals surface area (Å²) in [6.07, 6.45) is 3.63. The first-order valence-electron chi connectivity index (χ1n) is 10.6. The molecule has 29 heavy (non-hydrogen) atoms. The van der Waals surface area contributed by atoms with Crippen LogP contribution in [0, 0.1) is 0 Å². The Morgan fingerprint density at radius 3 is 2.76 bits per heavy atom. The van der Waals surface area contributed by atoms with E-state index >= 15 is 0 Å². The molecule has 0 unspecified atom stereocenters. The van der Waals surface area contributed by atoms with Crippen molar-refractivity contribution in [1.29, 1.82) is 0 Å². The van der Waals surface area contributed by atoms with E-state index in [1.807, 2.05) is 11.0 Å². The van der Waals surface area contributed by atoms with Crippen LogP contribution in [0.4, 0.5) is 5.82 Å². The minimum atomic E-state index is 0.152. The zero-order valence-electron chi connectivity index (χ0n) is 17.6. The molecular formula is C21H30N6O2. The van der Waals surface area contributed by atoms with Gasteiger partial charge in [0.05, 0.1) is 17.9 Å². The van der Waals surface area contributed by atoms with Gasteiger partial charge in [-0.3, -0.25) is 4.79 Å². The predicted octanol–water partition coefficient (Wildman–Crippen LogP) is 2.35. The zero-order chi connectivity index (χ0) is 20.4. The first kappa shape index (κ1) is 19.8. The monoisotopic (exact) mass is 398 g/mol. The lowest BCUT2D eigenvalue weighted by atomic mass is 9.95. The number of anilines is 1. The van der Waals surface area contributed by atoms with Crippen molar-refractivity contribution in [3.63, 3.8) is 0 Å². The number of likely N-dealkylation sites (N-methyl/N-ethyl adjacent to an activating group) is 1. The average molecular weight is 399 g/mol. The summed E-state index contributed by atoms with van der Waals surface area (Å²) in [5.74, 6) is 3.08. The van der Waals surface area contributed by atoms with Gasteiger partial charge in [0.2, 0.25) is 5.91 Å². The number of nitrogens with one attached hydrogen (secondary N) is 1. The van der Waals surface area contributed by atoms with E-state index in [1.165, 1.54) is 5.56 Å². The molecule has 2 aromatic heterocycles. The molecule has 1 amide bonds. The van der Waals surface area contributed by atoms with E-state index in [1.54, 1.807) is 6.92 Å². The van der Waals surface area contributed by atoms with Gasteiger partial charge in [0.15, 0.2) is 5.76 Å². The zero-order valence-corrected chi connectivity index (χ0v) is 17.6. The molecule has 8 heteroatoms. The number of amides is 1. The molecule has 2 aliphatic heterocycles. The van der Waals surface area contributed by atoms with Gasteiger partial charge in [-0.15, -0.1) is 0 Å². The number of rotatable bonds is 5. The smallest absolute Gasteiger partial charge is 0.219 e. The highest BCUT2D eigenvalue weighted by Crippen LogP contribution is 2.30. The number of likely N-dealkylation sites (tertiary alicyclic amines) is 1. The first-order valence-corrected chi connectivity index (χ1v) is 10.6. The lowest BCUT2D eigenvalue weighted by Gasteiger charge is -2.32. The fourth-order valence-electron chi connectivity index (χ4n) is 4.13. The average Bonchev–Trinajstić information content (AvgIpc) is 3.20. The molecule has 0 radical (unpaired) electrons. The van der Waals surface area contributed by atoms with Gasteiger partial charge in [-0.05, 0) is 26.3 Å². The van der Waals surface area contributed by atoms with Gasteiger partial charge < -0.3 is 19.6 Å². The Labute approximate surface area is 171 Å². The second-order valence-corrected chi connectivity index (χ2v) is 8.12. The Hall–Kier alpha value is -2.48. The third kappa shape index (κ3) is 4.42. The van der Waals surface area contributed by atoms with Crippen LogP contribution in [0.5, 0.6) is 0 Å². The molecule has 2 aromatic rings. The maximum Gasteiger partial charge on any atom is 0.219 e. The quantitative estimate of drug-likeness (QED) is 0.827. The fourth-order valence-corrected chi connectivity index (χ4v) is 4.13. The largest absolute Gasteiger partial charge is 0.362 e. The van der Waals surface area contributed by atoms with Gasteiger partial charge >= 0.3 is 0 Å². The summed E-state index contributed by atoms with van der Waals surface area (Å²) in [5.41, 5.74) is 3.29. The van der Waals surface area contributed by atoms with Crippen LogP contribution in [0.2, 0.25) is 0 Å². The van der Waals surface area contributed by atoms with E-state index in [9.17, 15) is 4.79 Å². The van der Waals surface area contributed by atoms with Gasteiger partial charge in [-0.25, -0.2) is 9.97 Å². The number of nitrogens with zero attached hydrogens (tertiary/aromatic N) is 5. The molecule has 0 aromatic carbocycles. The summed E-state index contributed by atoms with van der Waals surface area (Å²) in [5, 5.41) is 7.55. The van der Waals surface area contributed by atoms with Gasteiger partial charge in [-0.2, -0.15) is 0 Å². The van der Waals surface area contributed by atoms with Crippen LogP contribution in [0.3, 0.4) is 0 Å². The lowest BCUT2D eigenvalue weighted by molar-refractivity contribution is -0.129. The van der Waals surface area contributed by atoms with Crippen LogP contribution in [-0.2, 0) is 30.7 Å². The topological polar surface area (TPSA) is 87.4 Å². The van der Waals surface area contributed by atoms with Crippen molar-refractivity contribution >= 4 is 11.7 Å². The Kier molecular flexibility index (Phi) is 5.80. The second kappa shape index (κ2) is 8.49. The summed E-state index contributed by atoms with van der Waals surface area (Å²) in [6.45, 7) is 7.68. The number of fused-ring (bicyclic) bond motifs is 1. The number of hydrogen-bond acceptors (Lipinski definition) is 7. The van der Waals surface area contributed by atoms with Crippen molar-refractivity contribution in [1.82, 2.24) is 24.9 Å². The third-order valence-corrected chi connectivity index (χ3v) is 5.97. The van der Waals surface area contributed by atoms with Crippen LogP contribution in [0.15, 0.2) is 10.6 Å². The van der Waals surface area contributed by atoms with Gasteiger partial charge in [0.1, 0.15) is 11.6 Å². The maximum atomic E-state index is 11.6. The maximum absolute atomic E-state index is 11.6. The number of carbonyl (C=O) groups excluding carboxylic acids is 1. The van der Waals surface area contributed by atoms with Crippen LogP contribution >= 0.6 is 0 Å². The molecule has 1 saturated heterocycles. The molecule has 1 fully saturated rings. The first-order chi connectivity index (χ1) is 14.0. The number of aryl methyl sites for hydroxylation is 1. The fraction of sp³-hybridized carbons (Fsp3) is 0.619. The van der Waals surface area contributed by atoms with E-state index in [-0.39, 0.29) is 5.91 Å². The van der Waals surface area contributed by atoms with Gasteiger partial charge in [-0.1, -0.05) is 12.1 Å². The molecule has 1 N–H and O–H groups in total. The van der Waals surface area contributed by atoms with Crippen molar-refractivity contribution in [3.05, 3.63) is 34.6 Å². The van der Waals surface area contributed by atoms with Crippen molar-refractivity contribution in [2.45, 2.75) is 58.5 Å². The van der Waals surface area contributed by atoms with Crippen molar-refractivity contribution in [3.8, 4) is 0 Å². The number of piperidine rings is 1. The lowest BCUT2D eigenvalue weighted by Crippen LogP contribution is -2.37. The van der Waals surface area contributed by atoms with Crippen molar-refractivity contribution < 1.29 is 9.32 Å². The van der Waals surface area contributed by atoms with Gasteiger partial charge in [0.25, 0.3) is 0 Å². The molecule has 4 rings (SSSR count). The van der Waals surface area contributed by atoms with Crippen molar-refractivity contribution in [2.24, 2.45) is 0 Å². The standard InChI is InChI=1S/C21H30N6O2/c1-4-16-11-17(29-25-16)12-22-21-18-13-26(3)8-7-19(18)23-20(24-21)15-5-9-27(10-6-15)14(2)28/h11,15H,4-10,12-13H2,1-3H3,(H,22,23,24). The van der Waals surface area contributed by atoms with E-state index in [2.05, 4.69) is 29.3 Å². The third-order valence-electron chi connectivity index (χ3n) is 5.97. The second-order valence-electron chi connectivity index (χ2n) is 8.12. The Morgan fingerprint density at radius 1 is 1.28 bits per heavy atom. The highest BCUT2D eigenvalue weighted by atomic mass is 16.5.